The smallest absolute Gasteiger partial charge is 0.182 e. The Bertz CT molecular complexity index is 1370. The first-order valence-electron chi connectivity index (χ1n) is 8.67. The number of nitrogens with zero attached hydrogens (tertiary/aromatic N) is 6. The quantitative estimate of drug-likeness (QED) is 0.507. The van der Waals surface area contributed by atoms with Crippen molar-refractivity contribution < 1.29 is 4.39 Å². The summed E-state index contributed by atoms with van der Waals surface area (Å²) < 4.78 is 17.4. The van der Waals surface area contributed by atoms with E-state index in [0.29, 0.717) is 22.2 Å². The molecule has 0 aliphatic carbocycles. The van der Waals surface area contributed by atoms with Crippen LogP contribution >= 0.6 is 0 Å². The minimum absolute atomic E-state index is 0.232. The van der Waals surface area contributed by atoms with Crippen molar-refractivity contribution in [2.45, 2.75) is 13.0 Å². The molecular formula is C19H15FN8. The molecule has 0 bridgehead atoms. The number of aromatic amines is 1. The molecule has 138 valence electrons. The largest absolute Gasteiger partial charge is 0.340 e. The van der Waals surface area contributed by atoms with Gasteiger partial charge in [-0.25, -0.2) is 19.0 Å². The number of fused-ring (bicyclic) bond motifs is 2. The first-order valence-corrected chi connectivity index (χ1v) is 8.67. The summed E-state index contributed by atoms with van der Waals surface area (Å²) in [5.41, 5.74) is 3.42. The van der Waals surface area contributed by atoms with E-state index in [0.717, 1.165) is 11.2 Å². The molecule has 0 amide bonds. The Morgan fingerprint density at radius 3 is 2.93 bits per heavy atom. The fourth-order valence-electron chi connectivity index (χ4n) is 3.39. The Morgan fingerprint density at radius 2 is 2.11 bits per heavy atom. The van der Waals surface area contributed by atoms with E-state index in [1.165, 1.54) is 18.5 Å². The molecule has 5 aromatic rings. The van der Waals surface area contributed by atoms with E-state index in [2.05, 4.69) is 19.9 Å². The lowest BCUT2D eigenvalue weighted by Gasteiger charge is -2.14. The summed E-state index contributed by atoms with van der Waals surface area (Å²) in [5.74, 6) is -0.343. The molecule has 2 N–H and O–H groups in total. The summed E-state index contributed by atoms with van der Waals surface area (Å²) in [6.45, 7) is 1.90. The van der Waals surface area contributed by atoms with E-state index in [1.54, 1.807) is 34.0 Å². The van der Waals surface area contributed by atoms with Gasteiger partial charge in [-0.15, -0.1) is 0 Å². The zero-order valence-electron chi connectivity index (χ0n) is 14.8. The summed E-state index contributed by atoms with van der Waals surface area (Å²) in [4.78, 5) is 15.5. The van der Waals surface area contributed by atoms with Gasteiger partial charge in [-0.1, -0.05) is 0 Å². The molecule has 0 aliphatic heterocycles. The third-order valence-corrected chi connectivity index (χ3v) is 4.79. The average molecular weight is 374 g/mol. The number of pyridine rings is 1. The van der Waals surface area contributed by atoms with Crippen LogP contribution in [-0.2, 0) is 0 Å². The van der Waals surface area contributed by atoms with Crippen LogP contribution in [0.3, 0.4) is 0 Å². The highest BCUT2D eigenvalue weighted by Gasteiger charge is 2.20. The molecule has 5 rings (SSSR count). The highest BCUT2D eigenvalue weighted by molar-refractivity contribution is 5.84. The molecule has 4 heterocycles. The lowest BCUT2D eigenvalue weighted by atomic mass is 10.1. The Kier molecular flexibility index (Phi) is 3.54. The third-order valence-electron chi connectivity index (χ3n) is 4.79. The van der Waals surface area contributed by atoms with Crippen molar-refractivity contribution in [3.05, 3.63) is 72.4 Å². The summed E-state index contributed by atoms with van der Waals surface area (Å²) in [7, 11) is 0. The second-order valence-corrected chi connectivity index (χ2v) is 6.45. The molecule has 0 unspecified atom stereocenters. The predicted octanol–water partition coefficient (Wildman–Crippen LogP) is 2.72. The molecule has 0 radical (unpaired) electrons. The van der Waals surface area contributed by atoms with Gasteiger partial charge < -0.3 is 9.55 Å². The van der Waals surface area contributed by atoms with Gasteiger partial charge in [0.25, 0.3) is 0 Å². The first-order chi connectivity index (χ1) is 13.6. The van der Waals surface area contributed by atoms with Crippen molar-refractivity contribution in [2.24, 2.45) is 0 Å². The first kappa shape index (κ1) is 16.3. The van der Waals surface area contributed by atoms with Crippen LogP contribution in [0.25, 0.3) is 27.8 Å². The van der Waals surface area contributed by atoms with Gasteiger partial charge in [-0.3, -0.25) is 10.4 Å². The Morgan fingerprint density at radius 1 is 1.21 bits per heavy atom. The SMILES string of the molecule is C[C@@H](c1nn(-c2cccnc2)c2ccc(F)cc12)n1cnc2nc[nH]c2c1=N. The van der Waals surface area contributed by atoms with Gasteiger partial charge in [0.05, 0.1) is 41.8 Å². The lowest BCUT2D eigenvalue weighted by Crippen LogP contribution is -2.25. The molecular weight excluding hydrogens is 359 g/mol. The third kappa shape index (κ3) is 2.40. The van der Waals surface area contributed by atoms with Crippen molar-refractivity contribution in [1.29, 1.82) is 5.41 Å². The topological polar surface area (TPSA) is 101 Å². The van der Waals surface area contributed by atoms with Gasteiger partial charge in [0.2, 0.25) is 0 Å². The summed E-state index contributed by atoms with van der Waals surface area (Å²) >= 11 is 0. The maximum Gasteiger partial charge on any atom is 0.182 e. The van der Waals surface area contributed by atoms with Crippen molar-refractivity contribution in [3.63, 3.8) is 0 Å². The molecule has 0 fully saturated rings. The van der Waals surface area contributed by atoms with Crippen LogP contribution in [0.1, 0.15) is 18.7 Å². The van der Waals surface area contributed by atoms with Crippen LogP contribution in [0, 0.1) is 11.2 Å². The fourth-order valence-corrected chi connectivity index (χ4v) is 3.39. The Labute approximate surface area is 157 Å². The van der Waals surface area contributed by atoms with Crippen LogP contribution in [0.2, 0.25) is 0 Å². The maximum atomic E-state index is 14.0. The van der Waals surface area contributed by atoms with Gasteiger partial charge in [0, 0.05) is 11.6 Å². The second kappa shape index (κ2) is 6.08. The minimum atomic E-state index is -0.352. The zero-order chi connectivity index (χ0) is 19.3. The van der Waals surface area contributed by atoms with Crippen LogP contribution in [0.15, 0.2) is 55.4 Å². The van der Waals surface area contributed by atoms with Crippen molar-refractivity contribution in [1.82, 2.24) is 34.3 Å². The second-order valence-electron chi connectivity index (χ2n) is 6.45. The summed E-state index contributed by atoms with van der Waals surface area (Å²) in [5, 5.41) is 13.9. The average Bonchev–Trinajstić information content (AvgIpc) is 3.33. The molecule has 4 aromatic heterocycles. The van der Waals surface area contributed by atoms with Gasteiger partial charge in [-0.2, -0.15) is 5.10 Å². The van der Waals surface area contributed by atoms with Crippen molar-refractivity contribution in [3.8, 4) is 5.69 Å². The minimum Gasteiger partial charge on any atom is -0.340 e. The molecule has 0 spiro atoms. The fraction of sp³-hybridized carbons (Fsp3) is 0.105. The Balaban J connectivity index is 1.75. The molecule has 28 heavy (non-hydrogen) atoms. The molecule has 1 atom stereocenters. The monoisotopic (exact) mass is 374 g/mol. The molecule has 0 saturated heterocycles. The van der Waals surface area contributed by atoms with E-state index in [4.69, 9.17) is 10.5 Å². The van der Waals surface area contributed by atoms with E-state index in [-0.39, 0.29) is 17.3 Å². The summed E-state index contributed by atoms with van der Waals surface area (Å²) in [6.07, 6.45) is 6.45. The van der Waals surface area contributed by atoms with E-state index >= 15 is 0 Å². The number of hydrogen-bond donors (Lipinski definition) is 2. The number of nitrogens with one attached hydrogen (secondary N) is 2. The van der Waals surface area contributed by atoms with E-state index in [1.807, 2.05) is 19.1 Å². The number of imidazole rings is 1. The number of halogens is 1. The standard InChI is InChI=1S/C19H15FN8/c1-11(27-10-25-19-17(18(27)21)23-9-24-19)16-14-7-12(20)4-5-15(14)28(26-16)13-3-2-6-22-8-13/h2-11,21H,1H3,(H,23,24)/t11-/m0/s1. The van der Waals surface area contributed by atoms with Crippen molar-refractivity contribution >= 4 is 22.1 Å². The van der Waals surface area contributed by atoms with E-state index < -0.39 is 0 Å². The highest BCUT2D eigenvalue weighted by Crippen LogP contribution is 2.28. The Hall–Kier alpha value is -3.88. The normalized spacial score (nSPS) is 12.6. The number of H-pyrrole nitrogens is 1. The highest BCUT2D eigenvalue weighted by atomic mass is 19.1. The number of benzene rings is 1. The van der Waals surface area contributed by atoms with Gasteiger partial charge in [0.1, 0.15) is 11.3 Å². The van der Waals surface area contributed by atoms with Crippen LogP contribution in [0.4, 0.5) is 4.39 Å². The zero-order valence-corrected chi connectivity index (χ0v) is 14.8. The lowest BCUT2D eigenvalue weighted by molar-refractivity contribution is 0.575. The van der Waals surface area contributed by atoms with Crippen LogP contribution in [0.5, 0.6) is 0 Å². The van der Waals surface area contributed by atoms with Crippen LogP contribution in [-0.4, -0.2) is 34.3 Å². The number of aromatic nitrogens is 7. The number of rotatable bonds is 3. The molecule has 1 aromatic carbocycles. The molecule has 8 nitrogen and oxygen atoms in total. The summed E-state index contributed by atoms with van der Waals surface area (Å²) in [6, 6.07) is 7.93. The number of hydrogen-bond acceptors (Lipinski definition) is 5. The predicted molar refractivity (Wildman–Crippen MR) is 100 cm³/mol. The van der Waals surface area contributed by atoms with Crippen LogP contribution < -0.4 is 5.49 Å². The maximum absolute atomic E-state index is 14.0. The van der Waals surface area contributed by atoms with E-state index in [9.17, 15) is 4.39 Å². The van der Waals surface area contributed by atoms with Gasteiger partial charge >= 0.3 is 0 Å². The van der Waals surface area contributed by atoms with Crippen molar-refractivity contribution in [2.75, 3.05) is 0 Å². The molecule has 0 saturated carbocycles. The van der Waals surface area contributed by atoms with Gasteiger partial charge in [-0.05, 0) is 37.3 Å². The molecule has 0 aliphatic rings. The van der Waals surface area contributed by atoms with Gasteiger partial charge in [0.15, 0.2) is 11.1 Å². The molecule has 9 heteroatoms.